The van der Waals surface area contributed by atoms with Crippen molar-refractivity contribution >= 4 is 22.3 Å². The summed E-state index contributed by atoms with van der Waals surface area (Å²) in [6, 6.07) is 4.58. The van der Waals surface area contributed by atoms with Crippen molar-refractivity contribution in [2.75, 3.05) is 20.3 Å². The van der Waals surface area contributed by atoms with Crippen LogP contribution in [0.15, 0.2) is 56.8 Å². The Bertz CT molecular complexity index is 1000. The zero-order chi connectivity index (χ0) is 22.1. The van der Waals surface area contributed by atoms with Crippen molar-refractivity contribution in [3.63, 3.8) is 0 Å². The van der Waals surface area contributed by atoms with Gasteiger partial charge in [-0.1, -0.05) is 22.7 Å². The number of aryl methyl sites for hydroxylation is 1. The summed E-state index contributed by atoms with van der Waals surface area (Å²) in [7, 11) is -2.57. The van der Waals surface area contributed by atoms with Gasteiger partial charge in [0.25, 0.3) is 10.1 Å². The third-order valence-corrected chi connectivity index (χ3v) is 5.21. The Morgan fingerprint density at radius 2 is 2.07 bits per heavy atom. The van der Waals surface area contributed by atoms with Crippen LogP contribution in [0.2, 0.25) is 0 Å². The van der Waals surface area contributed by atoms with E-state index in [1.807, 2.05) is 6.92 Å². The van der Waals surface area contributed by atoms with E-state index in [0.29, 0.717) is 0 Å². The number of hydrogen-bond acceptors (Lipinski definition) is 10. The van der Waals surface area contributed by atoms with Crippen molar-refractivity contribution in [3.05, 3.63) is 52.3 Å². The molecule has 2 aromatic rings. The summed E-state index contributed by atoms with van der Waals surface area (Å²) in [5, 5.41) is 28.1. The van der Waals surface area contributed by atoms with Gasteiger partial charge in [0.05, 0.1) is 24.2 Å². The molecular formula is C17H22N6O6S. The summed E-state index contributed by atoms with van der Waals surface area (Å²) < 4.78 is 30.8. The maximum Gasteiger partial charge on any atom is 0.434 e. The summed E-state index contributed by atoms with van der Waals surface area (Å²) in [4.78, 5) is 18.1. The largest absolute Gasteiger partial charge is 0.434 e. The first-order valence-corrected chi connectivity index (χ1v) is 10.2. The quantitative estimate of drug-likeness (QED) is 0.182. The lowest BCUT2D eigenvalue weighted by molar-refractivity contribution is -0.396. The van der Waals surface area contributed by atoms with E-state index >= 15 is 0 Å². The molecule has 0 aliphatic rings. The lowest BCUT2D eigenvalue weighted by Crippen LogP contribution is -2.23. The third kappa shape index (κ3) is 6.50. The maximum atomic E-state index is 12.3. The highest BCUT2D eigenvalue weighted by molar-refractivity contribution is 7.86. The number of aromatic nitrogens is 2. The van der Waals surface area contributed by atoms with E-state index in [1.165, 1.54) is 42.4 Å². The number of imidazole rings is 1. The van der Waals surface area contributed by atoms with Crippen molar-refractivity contribution in [1.29, 1.82) is 0 Å². The van der Waals surface area contributed by atoms with Crippen molar-refractivity contribution in [1.82, 2.24) is 9.55 Å². The van der Waals surface area contributed by atoms with Crippen LogP contribution in [0.1, 0.15) is 5.56 Å². The minimum atomic E-state index is -4.00. The second kappa shape index (κ2) is 10.7. The Morgan fingerprint density at radius 1 is 1.37 bits per heavy atom. The highest BCUT2D eigenvalue weighted by Gasteiger charge is 2.20. The molecule has 0 aliphatic carbocycles. The van der Waals surface area contributed by atoms with Crippen LogP contribution >= 0.6 is 0 Å². The van der Waals surface area contributed by atoms with E-state index in [4.69, 9.17) is 4.18 Å². The lowest BCUT2D eigenvalue weighted by atomic mass is 10.2. The number of nitro groups is 1. The van der Waals surface area contributed by atoms with Crippen LogP contribution in [0.5, 0.6) is 0 Å². The number of rotatable bonds is 11. The van der Waals surface area contributed by atoms with Gasteiger partial charge in [-0.15, -0.1) is 0 Å². The lowest BCUT2D eigenvalue weighted by Gasteiger charge is -2.12. The minimum Gasteiger partial charge on any atom is -0.394 e. The molecule has 2 unspecified atom stereocenters. The number of aliphatic imine (C=N–C) groups is 1. The van der Waals surface area contributed by atoms with Crippen LogP contribution in [0.25, 0.3) is 0 Å². The topological polar surface area (TPSA) is 162 Å². The van der Waals surface area contributed by atoms with E-state index in [-0.39, 0.29) is 24.0 Å². The summed E-state index contributed by atoms with van der Waals surface area (Å²) in [6.07, 6.45) is 4.04. The predicted octanol–water partition coefficient (Wildman–Crippen LogP) is 1.39. The Labute approximate surface area is 173 Å². The number of hydrogen-bond donors (Lipinski definition) is 1. The smallest absolute Gasteiger partial charge is 0.394 e. The van der Waals surface area contributed by atoms with Crippen molar-refractivity contribution in [2.45, 2.75) is 30.4 Å². The molecule has 2 atom stereocenters. The van der Waals surface area contributed by atoms with E-state index in [2.05, 4.69) is 20.2 Å². The van der Waals surface area contributed by atoms with Crippen LogP contribution < -0.4 is 0 Å². The zero-order valence-electron chi connectivity index (χ0n) is 16.4. The zero-order valence-corrected chi connectivity index (χ0v) is 17.2. The Hall–Kier alpha value is -3.03. The standard InChI is InChI=1S/C17H22N6O6S/c1-13-3-5-16(6-4-13)30(27,28)29-12-15(11-24)20-9-14(21-18-2)10-22-8-7-19-17(22)23(25)26/h3-9,14-15,24H,10-12H2,1-2H3. The number of azo groups is 1. The number of aliphatic hydroxyl groups excluding tert-OH is 1. The molecule has 0 saturated carbocycles. The van der Waals surface area contributed by atoms with Gasteiger partial charge in [-0.3, -0.25) is 9.18 Å². The average Bonchev–Trinajstić information content (AvgIpc) is 3.17. The third-order valence-electron chi connectivity index (χ3n) is 3.91. The van der Waals surface area contributed by atoms with E-state index in [9.17, 15) is 23.6 Å². The highest BCUT2D eigenvalue weighted by Crippen LogP contribution is 2.14. The van der Waals surface area contributed by atoms with Gasteiger partial charge in [-0.25, -0.2) is 4.57 Å². The van der Waals surface area contributed by atoms with Crippen LogP contribution in [-0.2, 0) is 20.8 Å². The molecule has 1 N–H and O–H groups in total. The second-order valence-corrected chi connectivity index (χ2v) is 7.82. The van der Waals surface area contributed by atoms with Gasteiger partial charge < -0.3 is 15.2 Å². The molecule has 0 amide bonds. The van der Waals surface area contributed by atoms with Crippen LogP contribution in [0.3, 0.4) is 0 Å². The summed E-state index contributed by atoms with van der Waals surface area (Å²) in [5.41, 5.74) is 0.904. The summed E-state index contributed by atoms with van der Waals surface area (Å²) in [6.45, 7) is 1.01. The van der Waals surface area contributed by atoms with E-state index in [1.54, 1.807) is 12.1 Å². The van der Waals surface area contributed by atoms with Gasteiger partial charge in [-0.2, -0.15) is 18.6 Å². The summed E-state index contributed by atoms with van der Waals surface area (Å²) >= 11 is 0. The molecule has 1 heterocycles. The molecule has 0 aliphatic heterocycles. The first-order valence-electron chi connectivity index (χ1n) is 8.81. The minimum absolute atomic E-state index is 0.00107. The fourth-order valence-corrected chi connectivity index (χ4v) is 3.33. The van der Waals surface area contributed by atoms with Gasteiger partial charge in [0.15, 0.2) is 0 Å². The van der Waals surface area contributed by atoms with E-state index in [0.717, 1.165) is 5.56 Å². The Kier molecular flexibility index (Phi) is 8.26. The van der Waals surface area contributed by atoms with Crippen LogP contribution in [0.4, 0.5) is 5.95 Å². The first-order chi connectivity index (χ1) is 14.3. The highest BCUT2D eigenvalue weighted by atomic mass is 32.2. The molecule has 1 aromatic carbocycles. The van der Waals surface area contributed by atoms with Crippen LogP contribution in [0, 0.1) is 17.0 Å². The molecule has 13 heteroatoms. The molecule has 0 fully saturated rings. The van der Waals surface area contributed by atoms with Gasteiger partial charge in [0.2, 0.25) is 0 Å². The monoisotopic (exact) mass is 438 g/mol. The van der Waals surface area contributed by atoms with Crippen molar-refractivity contribution in [3.8, 4) is 0 Å². The molecule has 0 spiro atoms. The molecule has 0 radical (unpaired) electrons. The fraction of sp³-hybridized carbons (Fsp3) is 0.412. The average molecular weight is 438 g/mol. The number of aliphatic hydroxyl groups is 1. The van der Waals surface area contributed by atoms with Crippen molar-refractivity contribution < 1.29 is 22.6 Å². The second-order valence-electron chi connectivity index (χ2n) is 6.21. The molecule has 12 nitrogen and oxygen atoms in total. The van der Waals surface area contributed by atoms with Gasteiger partial charge in [0.1, 0.15) is 25.0 Å². The molecule has 162 valence electrons. The van der Waals surface area contributed by atoms with Crippen molar-refractivity contribution in [2.24, 2.45) is 15.2 Å². The molecule has 0 saturated heterocycles. The molecule has 30 heavy (non-hydrogen) atoms. The number of benzene rings is 1. The molecular weight excluding hydrogens is 416 g/mol. The Morgan fingerprint density at radius 3 is 2.67 bits per heavy atom. The summed E-state index contributed by atoms with van der Waals surface area (Å²) in [5.74, 6) is -0.356. The van der Waals surface area contributed by atoms with Gasteiger partial charge >= 0.3 is 5.95 Å². The van der Waals surface area contributed by atoms with E-state index < -0.39 is 33.7 Å². The Balaban J connectivity index is 2.05. The first kappa shape index (κ1) is 23.3. The SMILES string of the molecule is CN=NC(C=NC(CO)COS(=O)(=O)c1ccc(C)cc1)Cn1ccnc1[N+](=O)[O-]. The van der Waals surface area contributed by atoms with Gasteiger partial charge in [0, 0.05) is 13.3 Å². The molecule has 0 bridgehead atoms. The predicted molar refractivity (Wildman–Crippen MR) is 107 cm³/mol. The normalized spacial score (nSPS) is 14.4. The molecule has 2 rings (SSSR count). The fourth-order valence-electron chi connectivity index (χ4n) is 2.38. The number of nitrogens with zero attached hydrogens (tertiary/aromatic N) is 6. The van der Waals surface area contributed by atoms with Crippen LogP contribution in [-0.4, -0.2) is 66.6 Å². The van der Waals surface area contributed by atoms with Gasteiger partial charge in [-0.05, 0) is 24.0 Å². The maximum absolute atomic E-state index is 12.3. The molecule has 1 aromatic heterocycles.